The Hall–Kier alpha value is -2.95. The van der Waals surface area contributed by atoms with Crippen molar-refractivity contribution in [3.05, 3.63) is 83.3 Å². The molecule has 3 rings (SSSR count). The van der Waals surface area contributed by atoms with E-state index in [9.17, 15) is 4.39 Å². The van der Waals surface area contributed by atoms with E-state index in [0.29, 0.717) is 18.5 Å². The van der Waals surface area contributed by atoms with Gasteiger partial charge in [-0.25, -0.2) is 9.37 Å². The summed E-state index contributed by atoms with van der Waals surface area (Å²) in [6.07, 6.45) is 0. The lowest BCUT2D eigenvalue weighted by Crippen LogP contribution is -2.31. The van der Waals surface area contributed by atoms with Crippen molar-refractivity contribution < 1.29 is 4.39 Å². The Morgan fingerprint density at radius 1 is 0.963 bits per heavy atom. The summed E-state index contributed by atoms with van der Waals surface area (Å²) in [5.41, 5.74) is 3.12. The third kappa shape index (κ3) is 5.26. The summed E-state index contributed by atoms with van der Waals surface area (Å²) >= 11 is 0. The van der Waals surface area contributed by atoms with E-state index in [2.05, 4.69) is 53.3 Å². The number of hydrogen-bond acceptors (Lipinski definition) is 4. The van der Waals surface area contributed by atoms with Crippen LogP contribution in [0.3, 0.4) is 0 Å². The van der Waals surface area contributed by atoms with Gasteiger partial charge in [-0.2, -0.15) is 4.98 Å². The van der Waals surface area contributed by atoms with E-state index in [4.69, 9.17) is 4.98 Å². The highest BCUT2D eigenvalue weighted by Gasteiger charge is 2.14. The largest absolute Gasteiger partial charge is 0.350 e. The minimum atomic E-state index is -0.235. The second-order valence-corrected chi connectivity index (χ2v) is 6.88. The van der Waals surface area contributed by atoms with Gasteiger partial charge in [0, 0.05) is 30.9 Å². The molecule has 0 aliphatic heterocycles. The molecule has 27 heavy (non-hydrogen) atoms. The molecule has 0 radical (unpaired) electrons. The van der Waals surface area contributed by atoms with Crippen LogP contribution in [0.25, 0.3) is 0 Å². The molecule has 0 unspecified atom stereocenters. The Bertz CT molecular complexity index is 863. The maximum atomic E-state index is 13.0. The molecule has 4 nitrogen and oxygen atoms in total. The first kappa shape index (κ1) is 18.8. The van der Waals surface area contributed by atoms with Crippen LogP contribution in [0.15, 0.2) is 60.7 Å². The normalized spacial score (nSPS) is 10.9. The highest BCUT2D eigenvalue weighted by atomic mass is 19.1. The Labute approximate surface area is 160 Å². The minimum Gasteiger partial charge on any atom is -0.350 e. The third-order valence-electron chi connectivity index (χ3n) is 4.32. The van der Waals surface area contributed by atoms with Crippen LogP contribution in [0.4, 0.5) is 16.2 Å². The smallest absolute Gasteiger partial charge is 0.225 e. The summed E-state index contributed by atoms with van der Waals surface area (Å²) in [6, 6.07) is 19.1. The lowest BCUT2D eigenvalue weighted by molar-refractivity contribution is 0.627. The summed E-state index contributed by atoms with van der Waals surface area (Å²) in [6.45, 7) is 7.61. The van der Waals surface area contributed by atoms with Crippen molar-refractivity contribution in [1.29, 1.82) is 0 Å². The van der Waals surface area contributed by atoms with Gasteiger partial charge >= 0.3 is 0 Å². The van der Waals surface area contributed by atoms with Crippen LogP contribution in [0.1, 0.15) is 30.7 Å². The maximum Gasteiger partial charge on any atom is 0.225 e. The molecule has 1 aromatic heterocycles. The van der Waals surface area contributed by atoms with E-state index in [1.807, 2.05) is 19.1 Å². The Balaban J connectivity index is 1.78. The quantitative estimate of drug-likeness (QED) is 0.644. The van der Waals surface area contributed by atoms with Gasteiger partial charge in [-0.3, -0.25) is 0 Å². The van der Waals surface area contributed by atoms with Gasteiger partial charge in [0.15, 0.2) is 0 Å². The molecule has 0 amide bonds. The zero-order valence-electron chi connectivity index (χ0n) is 16.0. The molecule has 5 heteroatoms. The van der Waals surface area contributed by atoms with Gasteiger partial charge in [0.1, 0.15) is 11.6 Å². The lowest BCUT2D eigenvalue weighted by atomic mass is 10.2. The maximum absolute atomic E-state index is 13.0. The molecule has 0 saturated heterocycles. The van der Waals surface area contributed by atoms with Crippen molar-refractivity contribution in [2.45, 2.75) is 39.9 Å². The predicted molar refractivity (Wildman–Crippen MR) is 108 cm³/mol. The van der Waals surface area contributed by atoms with Crippen LogP contribution in [-0.2, 0) is 13.1 Å². The van der Waals surface area contributed by atoms with E-state index in [1.165, 1.54) is 17.7 Å². The minimum absolute atomic E-state index is 0.235. The molecule has 0 aliphatic rings. The van der Waals surface area contributed by atoms with Gasteiger partial charge in [-0.15, -0.1) is 0 Å². The van der Waals surface area contributed by atoms with Gasteiger partial charge in [0.05, 0.1) is 0 Å². The van der Waals surface area contributed by atoms with E-state index in [1.54, 1.807) is 12.1 Å². The fourth-order valence-electron chi connectivity index (χ4n) is 2.87. The van der Waals surface area contributed by atoms with E-state index < -0.39 is 0 Å². The molecule has 0 spiro atoms. The first-order valence-electron chi connectivity index (χ1n) is 9.16. The molecule has 0 bridgehead atoms. The summed E-state index contributed by atoms with van der Waals surface area (Å²) in [5, 5.41) is 3.25. The fourth-order valence-corrected chi connectivity index (χ4v) is 2.87. The molecule has 2 aromatic carbocycles. The standard InChI is InChI=1S/C22H25FN4/c1-16(2)27(15-19-7-5-4-6-8-19)21-13-17(3)25-22(26-21)24-14-18-9-11-20(23)12-10-18/h4-13,16H,14-15H2,1-3H3,(H,24,25,26). The summed E-state index contributed by atoms with van der Waals surface area (Å²) < 4.78 is 13.0. The first-order valence-corrected chi connectivity index (χ1v) is 9.16. The monoisotopic (exact) mass is 364 g/mol. The van der Waals surface area contributed by atoms with Crippen LogP contribution in [0.2, 0.25) is 0 Å². The average Bonchev–Trinajstić information content (AvgIpc) is 2.66. The highest BCUT2D eigenvalue weighted by Crippen LogP contribution is 2.20. The van der Waals surface area contributed by atoms with Crippen molar-refractivity contribution in [3.63, 3.8) is 0 Å². The zero-order chi connectivity index (χ0) is 19.2. The molecule has 1 heterocycles. The van der Waals surface area contributed by atoms with E-state index in [0.717, 1.165) is 23.6 Å². The second kappa shape index (κ2) is 8.62. The SMILES string of the molecule is Cc1cc(N(Cc2ccccc2)C(C)C)nc(NCc2ccc(F)cc2)n1. The molecule has 140 valence electrons. The molecule has 0 saturated carbocycles. The number of aryl methyl sites for hydroxylation is 1. The average molecular weight is 364 g/mol. The van der Waals surface area contributed by atoms with Crippen molar-refractivity contribution >= 4 is 11.8 Å². The molecule has 0 aliphatic carbocycles. The number of nitrogens with one attached hydrogen (secondary N) is 1. The Kier molecular flexibility index (Phi) is 6.01. The van der Waals surface area contributed by atoms with Crippen molar-refractivity contribution in [3.8, 4) is 0 Å². The molecule has 3 aromatic rings. The van der Waals surface area contributed by atoms with E-state index >= 15 is 0 Å². The Morgan fingerprint density at radius 2 is 1.67 bits per heavy atom. The van der Waals surface area contributed by atoms with Crippen LogP contribution < -0.4 is 10.2 Å². The molecule has 0 fully saturated rings. The van der Waals surface area contributed by atoms with Crippen molar-refractivity contribution in [1.82, 2.24) is 9.97 Å². The van der Waals surface area contributed by atoms with Crippen LogP contribution in [0, 0.1) is 12.7 Å². The van der Waals surface area contributed by atoms with E-state index in [-0.39, 0.29) is 5.82 Å². The topological polar surface area (TPSA) is 41.1 Å². The lowest BCUT2D eigenvalue weighted by Gasteiger charge is -2.28. The number of nitrogens with zero attached hydrogens (tertiary/aromatic N) is 3. The third-order valence-corrected chi connectivity index (χ3v) is 4.32. The number of hydrogen-bond donors (Lipinski definition) is 1. The molecular weight excluding hydrogens is 339 g/mol. The van der Waals surface area contributed by atoms with Gasteiger partial charge < -0.3 is 10.2 Å². The molecule has 1 N–H and O–H groups in total. The van der Waals surface area contributed by atoms with Crippen LogP contribution >= 0.6 is 0 Å². The first-order chi connectivity index (χ1) is 13.0. The summed E-state index contributed by atoms with van der Waals surface area (Å²) in [5.74, 6) is 1.23. The van der Waals surface area contributed by atoms with Gasteiger partial charge in [-0.1, -0.05) is 42.5 Å². The predicted octanol–water partition coefficient (Wildman–Crippen LogP) is 4.95. The zero-order valence-corrected chi connectivity index (χ0v) is 16.0. The number of anilines is 2. The number of benzene rings is 2. The van der Waals surface area contributed by atoms with Crippen LogP contribution in [0.5, 0.6) is 0 Å². The number of aromatic nitrogens is 2. The summed E-state index contributed by atoms with van der Waals surface area (Å²) in [7, 11) is 0. The van der Waals surface area contributed by atoms with Crippen molar-refractivity contribution in [2.75, 3.05) is 10.2 Å². The molecular formula is C22H25FN4. The molecule has 0 atom stereocenters. The fraction of sp³-hybridized carbons (Fsp3) is 0.273. The second-order valence-electron chi connectivity index (χ2n) is 6.88. The van der Waals surface area contributed by atoms with Gasteiger partial charge in [-0.05, 0) is 44.0 Å². The van der Waals surface area contributed by atoms with Crippen LogP contribution in [-0.4, -0.2) is 16.0 Å². The number of rotatable bonds is 7. The summed E-state index contributed by atoms with van der Waals surface area (Å²) in [4.78, 5) is 11.5. The Morgan fingerprint density at radius 3 is 2.33 bits per heavy atom. The van der Waals surface area contributed by atoms with Crippen molar-refractivity contribution in [2.24, 2.45) is 0 Å². The van der Waals surface area contributed by atoms with Gasteiger partial charge in [0.25, 0.3) is 0 Å². The number of halogens is 1. The van der Waals surface area contributed by atoms with Gasteiger partial charge in [0.2, 0.25) is 5.95 Å². The highest BCUT2D eigenvalue weighted by molar-refractivity contribution is 5.46.